The molecule has 0 aliphatic rings. The first-order valence-corrected chi connectivity index (χ1v) is 8.04. The van der Waals surface area contributed by atoms with Gasteiger partial charge in [-0.2, -0.15) is 8.42 Å². The molecule has 2 rings (SSSR count). The van der Waals surface area contributed by atoms with E-state index >= 15 is 0 Å². The highest BCUT2D eigenvalue weighted by atomic mass is 32.2. The van der Waals surface area contributed by atoms with Crippen molar-refractivity contribution < 1.29 is 22.9 Å². The highest BCUT2D eigenvalue weighted by Crippen LogP contribution is 2.17. The molecule has 8 nitrogen and oxygen atoms in total. The number of aromatic hydroxyl groups is 1. The summed E-state index contributed by atoms with van der Waals surface area (Å²) < 4.78 is 31.8. The Labute approximate surface area is 131 Å². The predicted molar refractivity (Wildman–Crippen MR) is 81.7 cm³/mol. The van der Waals surface area contributed by atoms with Crippen molar-refractivity contribution in [2.75, 3.05) is 0 Å². The molecule has 0 atom stereocenters. The third-order valence-electron chi connectivity index (χ3n) is 3.13. The van der Waals surface area contributed by atoms with E-state index in [-0.39, 0.29) is 12.1 Å². The first-order chi connectivity index (χ1) is 10.7. The molecule has 0 aliphatic heterocycles. The fraction of sp³-hybridized carbons (Fsp3) is 0.143. The first kappa shape index (κ1) is 16.7. The van der Waals surface area contributed by atoms with E-state index in [1.807, 2.05) is 0 Å². The number of primary amides is 1. The molecule has 23 heavy (non-hydrogen) atoms. The molecule has 122 valence electrons. The summed E-state index contributed by atoms with van der Waals surface area (Å²) in [5, 5.41) is 9.97. The Kier molecular flexibility index (Phi) is 4.52. The lowest BCUT2D eigenvalue weighted by atomic mass is 10.1. The second-order valence-electron chi connectivity index (χ2n) is 4.87. The van der Waals surface area contributed by atoms with Crippen LogP contribution in [-0.2, 0) is 22.4 Å². The number of carbonyl (C=O) groups excluding carboxylic acids is 1. The lowest BCUT2D eigenvalue weighted by Gasteiger charge is -2.13. The first-order valence-electron chi connectivity index (χ1n) is 6.43. The monoisotopic (exact) mass is 338 g/mol. The van der Waals surface area contributed by atoms with E-state index in [0.29, 0.717) is 5.56 Å². The second-order valence-corrected chi connectivity index (χ2v) is 6.32. The van der Waals surface area contributed by atoms with Crippen molar-refractivity contribution in [3.8, 4) is 5.88 Å². The van der Waals surface area contributed by atoms with Crippen LogP contribution in [-0.4, -0.2) is 28.6 Å². The van der Waals surface area contributed by atoms with E-state index in [2.05, 4.69) is 0 Å². The zero-order valence-electron chi connectivity index (χ0n) is 11.8. The van der Waals surface area contributed by atoms with Crippen molar-refractivity contribution in [2.45, 2.75) is 12.3 Å². The van der Waals surface area contributed by atoms with Crippen LogP contribution in [0.1, 0.15) is 21.5 Å². The Morgan fingerprint density at radius 1 is 1.22 bits per heavy atom. The summed E-state index contributed by atoms with van der Waals surface area (Å²) in [5.41, 5.74) is 3.95. The van der Waals surface area contributed by atoms with Crippen molar-refractivity contribution in [2.24, 2.45) is 5.73 Å². The number of hydrogen-bond donors (Lipinski definition) is 3. The summed E-state index contributed by atoms with van der Waals surface area (Å²) in [6.07, 6.45) is 0. The summed E-state index contributed by atoms with van der Waals surface area (Å²) in [5.74, 6) is -2.68. The van der Waals surface area contributed by atoms with Gasteiger partial charge in [-0.3, -0.25) is 18.7 Å². The van der Waals surface area contributed by atoms with Crippen LogP contribution in [0.4, 0.5) is 0 Å². The molecule has 0 fully saturated rings. The van der Waals surface area contributed by atoms with Crippen molar-refractivity contribution in [1.82, 2.24) is 4.57 Å². The van der Waals surface area contributed by atoms with Gasteiger partial charge in [-0.25, -0.2) is 0 Å². The average Bonchev–Trinajstić information content (AvgIpc) is 2.42. The van der Waals surface area contributed by atoms with Crippen molar-refractivity contribution in [1.29, 1.82) is 0 Å². The van der Waals surface area contributed by atoms with Crippen LogP contribution < -0.4 is 11.3 Å². The zero-order valence-corrected chi connectivity index (χ0v) is 12.7. The fourth-order valence-electron chi connectivity index (χ4n) is 2.18. The van der Waals surface area contributed by atoms with E-state index < -0.39 is 38.8 Å². The van der Waals surface area contributed by atoms with E-state index in [1.54, 1.807) is 30.3 Å². The molecular weight excluding hydrogens is 324 g/mol. The summed E-state index contributed by atoms with van der Waals surface area (Å²) in [7, 11) is -4.51. The van der Waals surface area contributed by atoms with Crippen LogP contribution in [0.3, 0.4) is 0 Å². The lowest BCUT2D eigenvalue weighted by Crippen LogP contribution is -2.32. The molecule has 0 saturated heterocycles. The van der Waals surface area contributed by atoms with Gasteiger partial charge in [0.25, 0.3) is 21.6 Å². The molecule has 0 radical (unpaired) electrons. The van der Waals surface area contributed by atoms with E-state index in [4.69, 9.17) is 10.3 Å². The predicted octanol–water partition coefficient (Wildman–Crippen LogP) is 0.0889. The highest BCUT2D eigenvalue weighted by Gasteiger charge is 2.22. The molecule has 0 unspecified atom stereocenters. The quantitative estimate of drug-likeness (QED) is 0.660. The van der Waals surface area contributed by atoms with Crippen LogP contribution in [0.15, 0.2) is 41.2 Å². The molecule has 0 bridgehead atoms. The standard InChI is InChI=1S/C14H14N2O6S/c15-13(18)12-10(8-23(20,21)22)6-11(17)16(14(12)19)7-9-4-2-1-3-5-9/h1-6,17H,7-8H2,(H2,15,18)(H,20,21,22). The maximum Gasteiger partial charge on any atom is 0.269 e. The number of hydrogen-bond acceptors (Lipinski definition) is 5. The third-order valence-corrected chi connectivity index (χ3v) is 3.80. The van der Waals surface area contributed by atoms with Gasteiger partial charge in [-0.1, -0.05) is 30.3 Å². The lowest BCUT2D eigenvalue weighted by molar-refractivity contribution is 0.0997. The molecule has 0 spiro atoms. The van der Waals surface area contributed by atoms with Gasteiger partial charge in [0.2, 0.25) is 0 Å². The largest absolute Gasteiger partial charge is 0.494 e. The summed E-state index contributed by atoms with van der Waals surface area (Å²) in [6, 6.07) is 9.59. The van der Waals surface area contributed by atoms with Crippen molar-refractivity contribution in [3.63, 3.8) is 0 Å². The number of rotatable bonds is 5. The van der Waals surface area contributed by atoms with Gasteiger partial charge in [0, 0.05) is 6.07 Å². The Morgan fingerprint density at radius 2 is 1.83 bits per heavy atom. The molecule has 1 heterocycles. The van der Waals surface area contributed by atoms with Gasteiger partial charge < -0.3 is 10.8 Å². The van der Waals surface area contributed by atoms with E-state index in [9.17, 15) is 23.1 Å². The molecule has 1 amide bonds. The minimum atomic E-state index is -4.51. The van der Waals surface area contributed by atoms with E-state index in [0.717, 1.165) is 10.6 Å². The number of aromatic nitrogens is 1. The summed E-state index contributed by atoms with van der Waals surface area (Å²) >= 11 is 0. The normalized spacial score (nSPS) is 11.3. The van der Waals surface area contributed by atoms with Gasteiger partial charge in [-0.15, -0.1) is 0 Å². The molecule has 9 heteroatoms. The van der Waals surface area contributed by atoms with E-state index in [1.165, 1.54) is 0 Å². The molecular formula is C14H14N2O6S. The molecule has 0 saturated carbocycles. The molecule has 2 aromatic rings. The second kappa shape index (κ2) is 6.23. The van der Waals surface area contributed by atoms with Crippen LogP contribution in [0.25, 0.3) is 0 Å². The molecule has 4 N–H and O–H groups in total. The van der Waals surface area contributed by atoms with Crippen molar-refractivity contribution >= 4 is 16.0 Å². The van der Waals surface area contributed by atoms with Crippen LogP contribution >= 0.6 is 0 Å². The fourth-order valence-corrected chi connectivity index (χ4v) is 2.80. The minimum absolute atomic E-state index is 0.0298. The third kappa shape index (κ3) is 3.96. The zero-order chi connectivity index (χ0) is 17.2. The van der Waals surface area contributed by atoms with Crippen LogP contribution in [0.2, 0.25) is 0 Å². The van der Waals surface area contributed by atoms with Crippen LogP contribution in [0.5, 0.6) is 5.88 Å². The summed E-state index contributed by atoms with van der Waals surface area (Å²) in [4.78, 5) is 23.9. The number of nitrogens with zero attached hydrogens (tertiary/aromatic N) is 1. The molecule has 0 aliphatic carbocycles. The average molecular weight is 338 g/mol. The Hall–Kier alpha value is -2.65. The number of nitrogens with two attached hydrogens (primary N) is 1. The van der Waals surface area contributed by atoms with Gasteiger partial charge in [0.1, 0.15) is 11.3 Å². The van der Waals surface area contributed by atoms with Gasteiger partial charge in [0.05, 0.1) is 6.54 Å². The SMILES string of the molecule is NC(=O)c1c(CS(=O)(=O)O)cc(O)n(Cc2ccccc2)c1=O. The Balaban J connectivity index is 2.60. The number of carbonyl (C=O) groups is 1. The maximum absolute atomic E-state index is 12.4. The van der Waals surface area contributed by atoms with Crippen LogP contribution in [0, 0.1) is 0 Å². The molecule has 1 aromatic carbocycles. The highest BCUT2D eigenvalue weighted by molar-refractivity contribution is 7.85. The summed E-state index contributed by atoms with van der Waals surface area (Å²) in [6.45, 7) is -0.0298. The van der Waals surface area contributed by atoms with Gasteiger partial charge in [-0.05, 0) is 11.1 Å². The maximum atomic E-state index is 12.4. The van der Waals surface area contributed by atoms with Crippen molar-refractivity contribution in [3.05, 3.63) is 63.4 Å². The Bertz CT molecular complexity index is 903. The molecule has 1 aromatic heterocycles. The topological polar surface area (TPSA) is 140 Å². The Morgan fingerprint density at radius 3 is 2.35 bits per heavy atom. The van der Waals surface area contributed by atoms with Gasteiger partial charge >= 0.3 is 0 Å². The van der Waals surface area contributed by atoms with Gasteiger partial charge in [0.15, 0.2) is 5.88 Å². The number of pyridine rings is 1. The smallest absolute Gasteiger partial charge is 0.269 e. The number of benzene rings is 1. The minimum Gasteiger partial charge on any atom is -0.494 e. The number of amides is 1.